The fourth-order valence-corrected chi connectivity index (χ4v) is 2.15. The number of amides is 1. The lowest BCUT2D eigenvalue weighted by Crippen LogP contribution is -2.51. The van der Waals surface area contributed by atoms with Crippen LogP contribution in [0.15, 0.2) is 18.3 Å². The average Bonchev–Trinajstić information content (AvgIpc) is 2.34. The molecule has 2 N–H and O–H groups in total. The van der Waals surface area contributed by atoms with E-state index in [2.05, 4.69) is 29.5 Å². The summed E-state index contributed by atoms with van der Waals surface area (Å²) >= 11 is 0. The number of aromatic nitrogens is 1. The van der Waals surface area contributed by atoms with Gasteiger partial charge in [0.25, 0.3) is 5.91 Å². The summed E-state index contributed by atoms with van der Waals surface area (Å²) in [4.78, 5) is 16.5. The van der Waals surface area contributed by atoms with Gasteiger partial charge in [0.1, 0.15) is 5.82 Å². The first kappa shape index (κ1) is 12.9. The predicted octanol–water partition coefficient (Wildman–Crippen LogP) is 2.58. The second-order valence-electron chi connectivity index (χ2n) is 5.19. The minimum atomic E-state index is -0.0242. The van der Waals surface area contributed by atoms with Crippen LogP contribution in [0.3, 0.4) is 0 Å². The Morgan fingerprint density at radius 3 is 2.89 bits per heavy atom. The molecular weight excluding hydrogens is 226 g/mol. The van der Waals surface area contributed by atoms with Crippen LogP contribution in [-0.2, 0) is 0 Å². The lowest BCUT2D eigenvalue weighted by molar-refractivity contribution is 0.0851. The number of hydrogen-bond donors (Lipinski definition) is 2. The third-order valence-corrected chi connectivity index (χ3v) is 3.47. The average molecular weight is 247 g/mol. The Kier molecular flexibility index (Phi) is 3.84. The summed E-state index contributed by atoms with van der Waals surface area (Å²) in [6.07, 6.45) is 6.05. The van der Waals surface area contributed by atoms with Crippen molar-refractivity contribution in [3.05, 3.63) is 23.9 Å². The first-order chi connectivity index (χ1) is 8.64. The first-order valence-electron chi connectivity index (χ1n) is 6.66. The molecule has 0 radical (unpaired) electrons. The van der Waals surface area contributed by atoms with Crippen LogP contribution in [0.1, 0.15) is 49.9 Å². The lowest BCUT2D eigenvalue weighted by atomic mass is 9.78. The molecular formula is C14H21N3O. The summed E-state index contributed by atoms with van der Waals surface area (Å²) in [5.74, 6) is 0.656. The van der Waals surface area contributed by atoms with Crippen molar-refractivity contribution in [2.75, 3.05) is 11.9 Å². The molecule has 0 atom stereocenters. The highest BCUT2D eigenvalue weighted by atomic mass is 16.1. The fourth-order valence-electron chi connectivity index (χ4n) is 2.15. The molecule has 1 saturated carbocycles. The normalized spacial score (nSPS) is 16.8. The van der Waals surface area contributed by atoms with E-state index in [1.807, 2.05) is 6.07 Å². The van der Waals surface area contributed by atoms with Crippen molar-refractivity contribution in [2.45, 2.75) is 45.1 Å². The molecule has 2 rings (SSSR count). The molecule has 0 aromatic carbocycles. The Labute approximate surface area is 108 Å². The quantitative estimate of drug-likeness (QED) is 0.840. The van der Waals surface area contributed by atoms with Crippen LogP contribution in [0.25, 0.3) is 0 Å². The van der Waals surface area contributed by atoms with Gasteiger partial charge >= 0.3 is 0 Å². The van der Waals surface area contributed by atoms with Crippen LogP contribution in [0.2, 0.25) is 0 Å². The Morgan fingerprint density at radius 1 is 1.50 bits per heavy atom. The lowest BCUT2D eigenvalue weighted by Gasteiger charge is -2.39. The van der Waals surface area contributed by atoms with E-state index in [1.54, 1.807) is 12.3 Å². The summed E-state index contributed by atoms with van der Waals surface area (Å²) < 4.78 is 0. The van der Waals surface area contributed by atoms with E-state index in [0.717, 1.165) is 25.8 Å². The Hall–Kier alpha value is -1.58. The third-order valence-electron chi connectivity index (χ3n) is 3.47. The zero-order valence-corrected chi connectivity index (χ0v) is 11.1. The second kappa shape index (κ2) is 5.38. The number of carbonyl (C=O) groups is 1. The summed E-state index contributed by atoms with van der Waals surface area (Å²) in [5.41, 5.74) is 0.619. The van der Waals surface area contributed by atoms with Crippen molar-refractivity contribution in [2.24, 2.45) is 0 Å². The van der Waals surface area contributed by atoms with Gasteiger partial charge < -0.3 is 10.6 Å². The highest BCUT2D eigenvalue weighted by Crippen LogP contribution is 2.31. The van der Waals surface area contributed by atoms with E-state index < -0.39 is 0 Å². The van der Waals surface area contributed by atoms with E-state index in [4.69, 9.17) is 0 Å². The highest BCUT2D eigenvalue weighted by molar-refractivity contribution is 5.99. The van der Waals surface area contributed by atoms with Crippen LogP contribution in [-0.4, -0.2) is 23.0 Å². The molecule has 1 aromatic heterocycles. The van der Waals surface area contributed by atoms with Gasteiger partial charge in [-0.1, -0.05) is 6.92 Å². The molecule has 1 fully saturated rings. The Morgan fingerprint density at radius 2 is 2.28 bits per heavy atom. The van der Waals surface area contributed by atoms with Crippen LogP contribution >= 0.6 is 0 Å². The van der Waals surface area contributed by atoms with Crippen molar-refractivity contribution >= 4 is 11.7 Å². The SMILES string of the molecule is CCCNc1ncccc1C(=O)NC1(C)CCC1. The number of carbonyl (C=O) groups excluding carboxylic acids is 1. The van der Waals surface area contributed by atoms with Gasteiger partial charge in [-0.25, -0.2) is 4.98 Å². The molecule has 0 spiro atoms. The van der Waals surface area contributed by atoms with Crippen molar-refractivity contribution in [3.63, 3.8) is 0 Å². The second-order valence-corrected chi connectivity index (χ2v) is 5.19. The van der Waals surface area contributed by atoms with Crippen molar-refractivity contribution in [1.29, 1.82) is 0 Å². The van der Waals surface area contributed by atoms with Crippen molar-refractivity contribution < 1.29 is 4.79 Å². The van der Waals surface area contributed by atoms with Crippen molar-refractivity contribution in [3.8, 4) is 0 Å². The van der Waals surface area contributed by atoms with Crippen LogP contribution < -0.4 is 10.6 Å². The third kappa shape index (κ3) is 2.81. The molecule has 4 nitrogen and oxygen atoms in total. The minimum absolute atomic E-state index is 0.0189. The van der Waals surface area contributed by atoms with Crippen molar-refractivity contribution in [1.82, 2.24) is 10.3 Å². The number of nitrogens with zero attached hydrogens (tertiary/aromatic N) is 1. The molecule has 1 amide bonds. The zero-order valence-electron chi connectivity index (χ0n) is 11.1. The highest BCUT2D eigenvalue weighted by Gasteiger charge is 2.33. The van der Waals surface area contributed by atoms with E-state index in [1.165, 1.54) is 6.42 Å². The standard InChI is InChI=1S/C14H21N3O/c1-3-9-15-12-11(6-4-10-16-12)13(18)17-14(2)7-5-8-14/h4,6,10H,3,5,7-9H2,1-2H3,(H,15,16)(H,17,18). The van der Waals surface area contributed by atoms with Crippen LogP contribution in [0.4, 0.5) is 5.82 Å². The largest absolute Gasteiger partial charge is 0.369 e. The van der Waals surface area contributed by atoms with Gasteiger partial charge in [-0.3, -0.25) is 4.79 Å². The van der Waals surface area contributed by atoms with E-state index in [0.29, 0.717) is 11.4 Å². The maximum Gasteiger partial charge on any atom is 0.255 e. The summed E-state index contributed by atoms with van der Waals surface area (Å²) in [6, 6.07) is 3.62. The van der Waals surface area contributed by atoms with Gasteiger partial charge in [0.05, 0.1) is 5.56 Å². The first-order valence-corrected chi connectivity index (χ1v) is 6.66. The Bertz CT molecular complexity index is 427. The predicted molar refractivity (Wildman–Crippen MR) is 72.7 cm³/mol. The number of anilines is 1. The van der Waals surface area contributed by atoms with Gasteiger partial charge in [0, 0.05) is 18.3 Å². The van der Waals surface area contributed by atoms with E-state index in [9.17, 15) is 4.79 Å². The molecule has 1 aliphatic carbocycles. The summed E-state index contributed by atoms with van der Waals surface area (Å²) in [7, 11) is 0. The molecule has 1 aliphatic rings. The molecule has 0 saturated heterocycles. The van der Waals surface area contributed by atoms with Crippen LogP contribution in [0, 0.1) is 0 Å². The number of nitrogens with one attached hydrogen (secondary N) is 2. The minimum Gasteiger partial charge on any atom is -0.369 e. The Balaban J connectivity index is 2.08. The molecule has 1 heterocycles. The number of rotatable bonds is 5. The van der Waals surface area contributed by atoms with Gasteiger partial charge in [0.15, 0.2) is 0 Å². The summed E-state index contributed by atoms with van der Waals surface area (Å²) in [5, 5.41) is 6.30. The monoisotopic (exact) mass is 247 g/mol. The van der Waals surface area contributed by atoms with E-state index >= 15 is 0 Å². The maximum atomic E-state index is 12.2. The molecule has 0 unspecified atom stereocenters. The number of pyridine rings is 1. The van der Waals surface area contributed by atoms with Gasteiger partial charge in [-0.2, -0.15) is 0 Å². The molecule has 1 aromatic rings. The topological polar surface area (TPSA) is 54.0 Å². The fraction of sp³-hybridized carbons (Fsp3) is 0.571. The molecule has 18 heavy (non-hydrogen) atoms. The molecule has 98 valence electrons. The molecule has 4 heteroatoms. The van der Waals surface area contributed by atoms with Crippen LogP contribution in [0.5, 0.6) is 0 Å². The van der Waals surface area contributed by atoms with Gasteiger partial charge in [-0.05, 0) is 44.7 Å². The zero-order chi connectivity index (χ0) is 13.0. The molecule has 0 aliphatic heterocycles. The molecule has 0 bridgehead atoms. The van der Waals surface area contributed by atoms with Gasteiger partial charge in [0.2, 0.25) is 0 Å². The van der Waals surface area contributed by atoms with Gasteiger partial charge in [-0.15, -0.1) is 0 Å². The smallest absolute Gasteiger partial charge is 0.255 e. The maximum absolute atomic E-state index is 12.2. The number of hydrogen-bond acceptors (Lipinski definition) is 3. The van der Waals surface area contributed by atoms with E-state index in [-0.39, 0.29) is 11.4 Å². The summed E-state index contributed by atoms with van der Waals surface area (Å²) in [6.45, 7) is 5.02.